The number of aromatic nitrogens is 2. The number of rotatable bonds is 5. The molecule has 4 rings (SSSR count). The lowest BCUT2D eigenvalue weighted by Crippen LogP contribution is -2.37. The molecule has 30 heavy (non-hydrogen) atoms. The molecule has 10 heteroatoms. The number of phenolic OH excluding ortho intramolecular Hbond substituents is 1. The summed E-state index contributed by atoms with van der Waals surface area (Å²) in [5.74, 6) is -1.05. The molecule has 7 nitrogen and oxygen atoms in total. The molecule has 0 aliphatic heterocycles. The molecule has 0 bridgehead atoms. The Hall–Kier alpha value is -3.82. The van der Waals surface area contributed by atoms with Crippen LogP contribution in [0.4, 0.5) is 30.2 Å². The molecule has 4 N–H and O–H groups in total. The number of nitrogens with one attached hydrogen (secondary N) is 3. The van der Waals surface area contributed by atoms with Crippen molar-refractivity contribution in [1.29, 1.82) is 0 Å². The van der Waals surface area contributed by atoms with Gasteiger partial charge in [0.15, 0.2) is 0 Å². The number of phenols is 1. The van der Waals surface area contributed by atoms with Gasteiger partial charge >= 0.3 is 6.18 Å². The molecule has 3 aromatic carbocycles. The number of H-pyrrole nitrogens is 1. The van der Waals surface area contributed by atoms with E-state index in [-0.39, 0.29) is 34.2 Å². The molecular formula is C20H15F3N4O3. The Morgan fingerprint density at radius 1 is 1.07 bits per heavy atom. The first-order chi connectivity index (χ1) is 14.1. The number of aromatic amines is 1. The van der Waals surface area contributed by atoms with Crippen LogP contribution >= 0.6 is 0 Å². The quantitative estimate of drug-likeness (QED) is 0.369. The fourth-order valence-electron chi connectivity index (χ4n) is 3.11. The number of hydrogen-bond donors (Lipinski definition) is 4. The van der Waals surface area contributed by atoms with Crippen molar-refractivity contribution in [2.75, 3.05) is 10.6 Å². The number of hydrogen-bond acceptors (Lipinski definition) is 6. The van der Waals surface area contributed by atoms with Gasteiger partial charge in [0.2, 0.25) is 5.82 Å². The fourth-order valence-corrected chi connectivity index (χ4v) is 3.11. The summed E-state index contributed by atoms with van der Waals surface area (Å²) in [6, 6.07) is 10.3. The van der Waals surface area contributed by atoms with Gasteiger partial charge in [0.25, 0.3) is 10.9 Å². The lowest BCUT2D eigenvalue weighted by Gasteiger charge is -2.20. The van der Waals surface area contributed by atoms with Crippen molar-refractivity contribution in [1.82, 2.24) is 9.97 Å². The van der Waals surface area contributed by atoms with E-state index in [0.717, 1.165) is 0 Å². The second kappa shape index (κ2) is 6.90. The summed E-state index contributed by atoms with van der Waals surface area (Å²) in [6.07, 6.45) is -4.61. The van der Waals surface area contributed by atoms with Crippen LogP contribution in [0, 0.1) is 0 Å². The number of nitrogens with zero attached hydrogens (tertiary/aromatic N) is 1. The molecule has 0 amide bonds. The Morgan fingerprint density at radius 2 is 1.80 bits per heavy atom. The van der Waals surface area contributed by atoms with Crippen molar-refractivity contribution >= 4 is 28.1 Å². The molecule has 1 heterocycles. The maximum atomic E-state index is 12.8. The first kappa shape index (κ1) is 19.5. The number of aromatic hydroxyl groups is 1. The van der Waals surface area contributed by atoms with Gasteiger partial charge in [-0.3, -0.25) is 9.59 Å². The highest BCUT2D eigenvalue weighted by molar-refractivity contribution is 5.84. The fraction of sp³-hybridized carbons (Fsp3) is 0.150. The van der Waals surface area contributed by atoms with E-state index in [2.05, 4.69) is 20.6 Å². The molecule has 0 unspecified atom stereocenters. The molecule has 0 saturated carbocycles. The summed E-state index contributed by atoms with van der Waals surface area (Å²) >= 11 is 0. The molecule has 154 valence electrons. The maximum absolute atomic E-state index is 12.8. The highest BCUT2D eigenvalue weighted by Gasteiger charge is 2.34. The van der Waals surface area contributed by atoms with Gasteiger partial charge in [-0.15, -0.1) is 0 Å². The van der Waals surface area contributed by atoms with Crippen LogP contribution in [0.15, 0.2) is 52.1 Å². The summed E-state index contributed by atoms with van der Waals surface area (Å²) in [5, 5.41) is 15.3. The van der Waals surface area contributed by atoms with Gasteiger partial charge in [-0.05, 0) is 42.8 Å². The zero-order valence-corrected chi connectivity index (χ0v) is 15.5. The zero-order chi connectivity index (χ0) is 21.6. The van der Waals surface area contributed by atoms with E-state index < -0.39 is 22.9 Å². The molecule has 0 aliphatic rings. The summed E-state index contributed by atoms with van der Waals surface area (Å²) < 4.78 is 38.4. The molecule has 0 fully saturated rings. The standard InChI is InChI=1S/C20H15F3N4O3/c1-9(10-3-2-4-12(28)7-10)24-15-16(18(30)17(15)29)25-11-5-6-13-14(8-11)27-19(26-13)20(21,22)23/h2-9,24-25,28H,1H3,(H,26,27)/t9-/m1/s1. The maximum Gasteiger partial charge on any atom is 0.449 e. The summed E-state index contributed by atoms with van der Waals surface area (Å²) in [5.41, 5.74) is -0.0822. The Balaban J connectivity index is 1.59. The van der Waals surface area contributed by atoms with Crippen LogP contribution < -0.4 is 21.5 Å². The second-order valence-electron chi connectivity index (χ2n) is 6.81. The van der Waals surface area contributed by atoms with Crippen molar-refractivity contribution in [3.05, 3.63) is 74.3 Å². The summed E-state index contributed by atoms with van der Waals surface area (Å²) in [6.45, 7) is 1.75. The van der Waals surface area contributed by atoms with Crippen molar-refractivity contribution < 1.29 is 18.3 Å². The van der Waals surface area contributed by atoms with E-state index in [1.54, 1.807) is 19.1 Å². The Kier molecular flexibility index (Phi) is 4.49. The Morgan fingerprint density at radius 3 is 2.50 bits per heavy atom. The van der Waals surface area contributed by atoms with Crippen molar-refractivity contribution in [3.63, 3.8) is 0 Å². The van der Waals surface area contributed by atoms with Gasteiger partial charge in [-0.2, -0.15) is 13.2 Å². The van der Waals surface area contributed by atoms with Crippen molar-refractivity contribution in [3.8, 4) is 5.75 Å². The van der Waals surface area contributed by atoms with E-state index in [9.17, 15) is 27.9 Å². The van der Waals surface area contributed by atoms with E-state index in [1.165, 1.54) is 30.3 Å². The van der Waals surface area contributed by atoms with Gasteiger partial charge in [0, 0.05) is 11.7 Å². The van der Waals surface area contributed by atoms with Crippen LogP contribution in [0.1, 0.15) is 24.4 Å². The number of alkyl halides is 3. The minimum atomic E-state index is -4.61. The molecular weight excluding hydrogens is 401 g/mol. The smallest absolute Gasteiger partial charge is 0.449 e. The molecule has 4 aromatic rings. The average Bonchev–Trinajstić information content (AvgIpc) is 3.14. The molecule has 0 radical (unpaired) electrons. The third kappa shape index (κ3) is 3.47. The molecule has 1 atom stereocenters. The molecule has 1 aromatic heterocycles. The monoisotopic (exact) mass is 416 g/mol. The minimum Gasteiger partial charge on any atom is -0.508 e. The van der Waals surface area contributed by atoms with Gasteiger partial charge in [-0.25, -0.2) is 4.98 Å². The van der Waals surface area contributed by atoms with Gasteiger partial charge in [-0.1, -0.05) is 12.1 Å². The largest absolute Gasteiger partial charge is 0.508 e. The normalized spacial score (nSPS) is 12.9. The zero-order valence-electron chi connectivity index (χ0n) is 15.5. The van der Waals surface area contributed by atoms with Crippen molar-refractivity contribution in [2.24, 2.45) is 0 Å². The Labute approximate surface area is 166 Å². The first-order valence-corrected chi connectivity index (χ1v) is 8.86. The molecule has 0 aliphatic carbocycles. The van der Waals surface area contributed by atoms with Gasteiger partial charge < -0.3 is 20.7 Å². The van der Waals surface area contributed by atoms with Crippen LogP contribution in [0.25, 0.3) is 11.0 Å². The second-order valence-corrected chi connectivity index (χ2v) is 6.81. The van der Waals surface area contributed by atoms with Crippen LogP contribution in [0.5, 0.6) is 5.75 Å². The minimum absolute atomic E-state index is 0.0157. The number of benzene rings is 2. The van der Waals surface area contributed by atoms with Crippen LogP contribution in [-0.4, -0.2) is 15.1 Å². The predicted molar refractivity (Wildman–Crippen MR) is 106 cm³/mol. The third-order valence-electron chi connectivity index (χ3n) is 4.66. The van der Waals surface area contributed by atoms with E-state index in [0.29, 0.717) is 11.3 Å². The lowest BCUT2D eigenvalue weighted by atomic mass is 10.1. The predicted octanol–water partition coefficient (Wildman–Crippen LogP) is 3.80. The Bertz CT molecular complexity index is 1320. The van der Waals surface area contributed by atoms with Gasteiger partial charge in [0.05, 0.1) is 11.0 Å². The highest BCUT2D eigenvalue weighted by atomic mass is 19.4. The van der Waals surface area contributed by atoms with Crippen molar-refractivity contribution in [2.45, 2.75) is 19.1 Å². The summed E-state index contributed by atoms with van der Waals surface area (Å²) in [4.78, 5) is 29.7. The third-order valence-corrected chi connectivity index (χ3v) is 4.66. The number of anilines is 3. The van der Waals surface area contributed by atoms with E-state index in [4.69, 9.17) is 0 Å². The van der Waals surface area contributed by atoms with Crippen LogP contribution in [0.3, 0.4) is 0 Å². The SMILES string of the molecule is C[C@@H](Nc1c(Nc2ccc3nc(C(F)(F)F)[nH]c3c2)c(=O)c1=O)c1cccc(O)c1. The number of imidazole rings is 1. The van der Waals surface area contributed by atoms with E-state index in [1.807, 2.05) is 0 Å². The lowest BCUT2D eigenvalue weighted by molar-refractivity contribution is -0.144. The number of halogens is 3. The average molecular weight is 416 g/mol. The first-order valence-electron chi connectivity index (χ1n) is 8.86. The summed E-state index contributed by atoms with van der Waals surface area (Å²) in [7, 11) is 0. The number of fused-ring (bicyclic) bond motifs is 1. The van der Waals surface area contributed by atoms with Gasteiger partial charge in [0.1, 0.15) is 17.1 Å². The topological polar surface area (TPSA) is 107 Å². The van der Waals surface area contributed by atoms with E-state index >= 15 is 0 Å². The molecule has 0 saturated heterocycles. The molecule has 0 spiro atoms. The highest BCUT2D eigenvalue weighted by Crippen LogP contribution is 2.31. The van der Waals surface area contributed by atoms with Crippen LogP contribution in [0.2, 0.25) is 0 Å². The van der Waals surface area contributed by atoms with Crippen LogP contribution in [-0.2, 0) is 6.18 Å².